The summed E-state index contributed by atoms with van der Waals surface area (Å²) in [6.07, 6.45) is 4.63. The van der Waals surface area contributed by atoms with Gasteiger partial charge in [-0.3, -0.25) is 4.79 Å². The summed E-state index contributed by atoms with van der Waals surface area (Å²) in [5, 5.41) is 4.06. The Morgan fingerprint density at radius 2 is 1.69 bits per heavy atom. The maximum absolute atomic E-state index is 13.7. The van der Waals surface area contributed by atoms with E-state index >= 15 is 0 Å². The highest BCUT2D eigenvalue weighted by Gasteiger charge is 2.23. The van der Waals surface area contributed by atoms with Gasteiger partial charge in [0.25, 0.3) is 0 Å². The van der Waals surface area contributed by atoms with Crippen molar-refractivity contribution in [2.24, 2.45) is 5.92 Å². The molecule has 0 aliphatic carbocycles. The molecule has 39 heavy (non-hydrogen) atoms. The van der Waals surface area contributed by atoms with Crippen LogP contribution >= 0.6 is 11.8 Å². The van der Waals surface area contributed by atoms with Crippen molar-refractivity contribution in [1.82, 2.24) is 14.8 Å². The third kappa shape index (κ3) is 7.86. The Kier molecular flexibility index (Phi) is 9.65. The predicted octanol–water partition coefficient (Wildman–Crippen LogP) is 6.79. The number of hydrogen-bond acceptors (Lipinski definition) is 3. The number of H-pyrrole nitrogens is 1. The van der Waals surface area contributed by atoms with Crippen LogP contribution in [-0.2, 0) is 17.8 Å². The molecule has 0 saturated carbocycles. The normalized spacial score (nSPS) is 11.1. The van der Waals surface area contributed by atoms with Crippen molar-refractivity contribution in [3.63, 3.8) is 0 Å². The first-order chi connectivity index (χ1) is 18.8. The van der Waals surface area contributed by atoms with Crippen LogP contribution in [0, 0.1) is 11.7 Å². The average molecular weight is 547 g/mol. The van der Waals surface area contributed by atoms with E-state index in [1.165, 1.54) is 12.1 Å². The Balaban J connectivity index is 1.50. The summed E-state index contributed by atoms with van der Waals surface area (Å²) >= 11 is 1.63. The molecule has 0 aliphatic heterocycles. The molecule has 3 amide bonds. The van der Waals surface area contributed by atoms with E-state index in [4.69, 9.17) is 0 Å². The van der Waals surface area contributed by atoms with E-state index < -0.39 is 0 Å². The number of fused-ring (bicyclic) bond motifs is 1. The molecular weight excluding hydrogens is 511 g/mol. The van der Waals surface area contributed by atoms with Crippen LogP contribution in [-0.4, -0.2) is 52.6 Å². The summed E-state index contributed by atoms with van der Waals surface area (Å²) in [5.41, 5.74) is 3.68. The Bertz CT molecular complexity index is 1390. The number of carbonyl (C=O) groups is 2. The summed E-state index contributed by atoms with van der Waals surface area (Å²) in [6, 6.07) is 21.6. The Labute approximate surface area is 233 Å². The first-order valence-corrected chi connectivity index (χ1v) is 14.3. The maximum atomic E-state index is 13.7. The van der Waals surface area contributed by atoms with Crippen molar-refractivity contribution in [3.8, 4) is 0 Å². The van der Waals surface area contributed by atoms with Crippen LogP contribution in [0.15, 0.2) is 83.9 Å². The quantitative estimate of drug-likeness (QED) is 0.204. The first kappa shape index (κ1) is 28.2. The highest BCUT2D eigenvalue weighted by Crippen LogP contribution is 2.20. The minimum Gasteiger partial charge on any atom is -0.361 e. The second-order valence-corrected chi connectivity index (χ2v) is 10.9. The summed E-state index contributed by atoms with van der Waals surface area (Å²) in [5.74, 6) is -0.298. The lowest BCUT2D eigenvalue weighted by Gasteiger charge is -2.29. The molecule has 1 heterocycles. The Hall–Kier alpha value is -3.78. The molecule has 0 unspecified atom stereocenters. The maximum Gasteiger partial charge on any atom is 0.322 e. The van der Waals surface area contributed by atoms with Crippen molar-refractivity contribution in [2.45, 2.75) is 31.7 Å². The second-order valence-electron chi connectivity index (χ2n) is 9.98. The van der Waals surface area contributed by atoms with Crippen LogP contribution in [0.25, 0.3) is 10.9 Å². The van der Waals surface area contributed by atoms with Crippen LogP contribution in [0.3, 0.4) is 0 Å². The number of benzene rings is 3. The zero-order chi connectivity index (χ0) is 27.8. The van der Waals surface area contributed by atoms with E-state index in [0.29, 0.717) is 31.7 Å². The standard InChI is InChI=1S/C31H35FN4O2S/c1-22(2)19-36(31(38)34-26-12-14-27(39-3)15-13-26)21-30(37)35(20-23-8-10-25(32)11-9-23)17-16-24-18-33-29-7-5-4-6-28(24)29/h4-15,18,22,33H,16-17,19-21H2,1-3H3,(H,34,38). The zero-order valence-corrected chi connectivity index (χ0v) is 23.4. The topological polar surface area (TPSA) is 68.4 Å². The number of hydrogen-bond donors (Lipinski definition) is 2. The molecule has 204 valence electrons. The number of rotatable bonds is 11. The van der Waals surface area contributed by atoms with E-state index in [9.17, 15) is 14.0 Å². The third-order valence-electron chi connectivity index (χ3n) is 6.51. The van der Waals surface area contributed by atoms with Crippen LogP contribution in [0.1, 0.15) is 25.0 Å². The molecule has 0 aliphatic rings. The van der Waals surface area contributed by atoms with Crippen LogP contribution in [0.2, 0.25) is 0 Å². The van der Waals surface area contributed by atoms with Gasteiger partial charge in [0.2, 0.25) is 5.91 Å². The number of carbonyl (C=O) groups excluding carboxylic acids is 2. The summed E-state index contributed by atoms with van der Waals surface area (Å²) in [6.45, 7) is 5.21. The largest absolute Gasteiger partial charge is 0.361 e. The third-order valence-corrected chi connectivity index (χ3v) is 7.25. The SMILES string of the molecule is CSc1ccc(NC(=O)N(CC(=O)N(CCc2c[nH]c3ccccc23)Cc2ccc(F)cc2)CC(C)C)cc1. The molecule has 0 spiro atoms. The molecule has 3 aromatic carbocycles. The molecule has 0 fully saturated rings. The minimum atomic E-state index is -0.319. The second kappa shape index (κ2) is 13.3. The van der Waals surface area contributed by atoms with Crippen molar-refractivity contribution < 1.29 is 14.0 Å². The lowest BCUT2D eigenvalue weighted by atomic mass is 10.1. The van der Waals surface area contributed by atoms with Crippen LogP contribution < -0.4 is 5.32 Å². The lowest BCUT2D eigenvalue weighted by Crippen LogP contribution is -2.46. The molecule has 0 atom stereocenters. The van der Waals surface area contributed by atoms with Gasteiger partial charge in [0.1, 0.15) is 12.4 Å². The number of halogens is 1. The number of amides is 3. The van der Waals surface area contributed by atoms with E-state index in [1.54, 1.807) is 33.7 Å². The number of aromatic amines is 1. The van der Waals surface area contributed by atoms with Crippen molar-refractivity contribution in [3.05, 3.63) is 95.9 Å². The Morgan fingerprint density at radius 3 is 2.38 bits per heavy atom. The van der Waals surface area contributed by atoms with Crippen molar-refractivity contribution in [1.29, 1.82) is 0 Å². The molecule has 2 N–H and O–H groups in total. The fourth-order valence-electron chi connectivity index (χ4n) is 4.50. The molecule has 6 nitrogen and oxygen atoms in total. The van der Waals surface area contributed by atoms with Gasteiger partial charge in [0, 0.05) is 47.3 Å². The van der Waals surface area contributed by atoms with Gasteiger partial charge in [-0.2, -0.15) is 0 Å². The predicted molar refractivity (Wildman–Crippen MR) is 157 cm³/mol. The number of para-hydroxylation sites is 1. The van der Waals surface area contributed by atoms with Gasteiger partial charge in [-0.25, -0.2) is 9.18 Å². The van der Waals surface area contributed by atoms with E-state index in [0.717, 1.165) is 26.9 Å². The Morgan fingerprint density at radius 1 is 0.974 bits per heavy atom. The first-order valence-electron chi connectivity index (χ1n) is 13.1. The smallest absolute Gasteiger partial charge is 0.322 e. The molecule has 4 rings (SSSR count). The molecule has 1 aromatic heterocycles. The highest BCUT2D eigenvalue weighted by atomic mass is 32.2. The summed E-state index contributed by atoms with van der Waals surface area (Å²) in [7, 11) is 0. The van der Waals surface area contributed by atoms with Gasteiger partial charge >= 0.3 is 6.03 Å². The number of aromatic nitrogens is 1. The van der Waals surface area contributed by atoms with Gasteiger partial charge in [0.05, 0.1) is 0 Å². The highest BCUT2D eigenvalue weighted by molar-refractivity contribution is 7.98. The van der Waals surface area contributed by atoms with Gasteiger partial charge in [-0.1, -0.05) is 44.2 Å². The van der Waals surface area contributed by atoms with Gasteiger partial charge in [0.15, 0.2) is 0 Å². The molecular formula is C31H35FN4O2S. The lowest BCUT2D eigenvalue weighted by molar-refractivity contribution is -0.132. The molecule has 4 aromatic rings. The van der Waals surface area contributed by atoms with Crippen LogP contribution in [0.4, 0.5) is 14.9 Å². The zero-order valence-electron chi connectivity index (χ0n) is 22.6. The molecule has 0 bridgehead atoms. The fraction of sp³-hybridized carbons (Fsp3) is 0.290. The number of nitrogens with zero attached hydrogens (tertiary/aromatic N) is 2. The van der Waals surface area contributed by atoms with Gasteiger partial charge in [-0.15, -0.1) is 11.8 Å². The monoisotopic (exact) mass is 546 g/mol. The van der Waals surface area contributed by atoms with E-state index in [1.807, 2.05) is 68.8 Å². The molecule has 0 radical (unpaired) electrons. The summed E-state index contributed by atoms with van der Waals surface area (Å²) in [4.78, 5) is 34.6. The number of nitrogens with one attached hydrogen (secondary N) is 2. The van der Waals surface area contributed by atoms with Crippen LogP contribution in [0.5, 0.6) is 0 Å². The molecule has 8 heteroatoms. The number of anilines is 1. The van der Waals surface area contributed by atoms with Gasteiger partial charge < -0.3 is 20.1 Å². The van der Waals surface area contributed by atoms with Crippen molar-refractivity contribution in [2.75, 3.05) is 31.2 Å². The summed E-state index contributed by atoms with van der Waals surface area (Å²) < 4.78 is 13.5. The van der Waals surface area contributed by atoms with E-state index in [2.05, 4.69) is 16.4 Å². The number of thioether (sulfide) groups is 1. The number of urea groups is 1. The average Bonchev–Trinajstić information content (AvgIpc) is 3.35. The van der Waals surface area contributed by atoms with E-state index in [-0.39, 0.29) is 30.2 Å². The molecule has 0 saturated heterocycles. The van der Waals surface area contributed by atoms with Crippen molar-refractivity contribution >= 4 is 40.3 Å². The minimum absolute atomic E-state index is 0.0536. The van der Waals surface area contributed by atoms with Gasteiger partial charge in [-0.05, 0) is 72.2 Å². The fourth-order valence-corrected chi connectivity index (χ4v) is 4.90.